The zero-order chi connectivity index (χ0) is 22.4. The van der Waals surface area contributed by atoms with Crippen LogP contribution in [0.3, 0.4) is 0 Å². The minimum absolute atomic E-state index is 0.698. The first-order valence-electron chi connectivity index (χ1n) is 9.73. The van der Waals surface area contributed by atoms with E-state index in [1.807, 2.05) is 47.8 Å². The highest BCUT2D eigenvalue weighted by atomic mass is 32.1. The largest absolute Gasteiger partial charge is 0.193 e. The molecule has 3 heterocycles. The number of hydrogen-bond donors (Lipinski definition) is 0. The Morgan fingerprint density at radius 3 is 1.52 bits per heavy atom. The first-order chi connectivity index (χ1) is 14.9. The topological polar surface area (TPSA) is 47.6 Å². The van der Waals surface area contributed by atoms with Crippen LogP contribution in [0.25, 0.3) is 31.7 Å². The summed E-state index contributed by atoms with van der Waals surface area (Å²) in [4.78, 5) is 7.53. The lowest BCUT2D eigenvalue weighted by Gasteiger charge is -1.95. The van der Waals surface area contributed by atoms with Gasteiger partial charge >= 0.3 is 0 Å². The Kier molecular flexibility index (Phi) is 7.60. The van der Waals surface area contributed by atoms with Crippen molar-refractivity contribution in [3.63, 3.8) is 0 Å². The smallest absolute Gasteiger partial charge is 0.0944 e. The van der Waals surface area contributed by atoms with Crippen LogP contribution in [0.4, 0.5) is 0 Å². The van der Waals surface area contributed by atoms with Crippen molar-refractivity contribution in [1.29, 1.82) is 10.5 Å². The summed E-state index contributed by atoms with van der Waals surface area (Å²) in [5.41, 5.74) is 4.05. The molecule has 0 unspecified atom stereocenters. The zero-order valence-corrected chi connectivity index (χ0v) is 20.3. The SMILES string of the molecule is C/C(C#N)=C\C=C\c1ccc(-c2sc(-c3ccc(/C=C/C=C(\C)C#N)s3)c(C)c2C)s1. The van der Waals surface area contributed by atoms with Gasteiger partial charge in [-0.15, -0.1) is 34.0 Å². The fraction of sp³-hybridized carbons (Fsp3) is 0.154. The van der Waals surface area contributed by atoms with E-state index in [4.69, 9.17) is 10.5 Å². The van der Waals surface area contributed by atoms with Crippen LogP contribution in [0.15, 0.2) is 59.7 Å². The Morgan fingerprint density at radius 1 is 0.710 bits per heavy atom. The minimum Gasteiger partial charge on any atom is -0.193 e. The third-order valence-electron chi connectivity index (χ3n) is 4.72. The van der Waals surface area contributed by atoms with Crippen LogP contribution in [0, 0.1) is 36.5 Å². The fourth-order valence-electron chi connectivity index (χ4n) is 2.84. The van der Waals surface area contributed by atoms with Crippen molar-refractivity contribution < 1.29 is 0 Å². The predicted octanol–water partition coefficient (Wildman–Crippen LogP) is 8.79. The maximum Gasteiger partial charge on any atom is 0.0944 e. The lowest BCUT2D eigenvalue weighted by Crippen LogP contribution is -1.75. The highest BCUT2D eigenvalue weighted by molar-refractivity contribution is 7.27. The standard InChI is InChI=1S/C26H22N2S3/c1-17(15-27)7-5-9-21-11-13-23(29-21)25-19(3)20(4)26(31-25)24-14-12-22(30-24)10-6-8-18(2)16-28/h5-14H,1-4H3/b9-5+,10-6+,17-7+,18-8+. The van der Waals surface area contributed by atoms with Gasteiger partial charge in [-0.1, -0.05) is 12.2 Å². The van der Waals surface area contributed by atoms with Gasteiger partial charge < -0.3 is 0 Å². The second-order valence-corrected chi connectivity index (χ2v) is 10.3. The van der Waals surface area contributed by atoms with E-state index in [0.717, 1.165) is 0 Å². The van der Waals surface area contributed by atoms with Crippen molar-refractivity contribution in [3.8, 4) is 31.6 Å². The summed E-state index contributed by atoms with van der Waals surface area (Å²) < 4.78 is 0. The van der Waals surface area contributed by atoms with Crippen LogP contribution in [-0.4, -0.2) is 0 Å². The monoisotopic (exact) mass is 458 g/mol. The number of hydrogen-bond acceptors (Lipinski definition) is 5. The maximum absolute atomic E-state index is 8.85. The number of thiophene rings is 3. The van der Waals surface area contributed by atoms with Gasteiger partial charge in [0.15, 0.2) is 0 Å². The van der Waals surface area contributed by atoms with Crippen LogP contribution in [0.2, 0.25) is 0 Å². The van der Waals surface area contributed by atoms with E-state index in [2.05, 4.69) is 50.3 Å². The number of allylic oxidation sites excluding steroid dienone is 6. The molecule has 2 nitrogen and oxygen atoms in total. The van der Waals surface area contributed by atoms with Crippen molar-refractivity contribution in [2.75, 3.05) is 0 Å². The number of rotatable bonds is 6. The molecule has 0 aliphatic carbocycles. The average molecular weight is 459 g/mol. The van der Waals surface area contributed by atoms with Crippen molar-refractivity contribution in [3.05, 3.63) is 80.6 Å². The molecule has 0 aromatic carbocycles. The average Bonchev–Trinajstić information content (AvgIpc) is 3.48. The van der Waals surface area contributed by atoms with Crippen LogP contribution in [0.5, 0.6) is 0 Å². The molecule has 0 aliphatic rings. The van der Waals surface area contributed by atoms with Gasteiger partial charge in [-0.2, -0.15) is 10.5 Å². The highest BCUT2D eigenvalue weighted by Crippen LogP contribution is 2.45. The first kappa shape index (κ1) is 22.7. The molecule has 0 spiro atoms. The molecule has 0 atom stereocenters. The van der Waals surface area contributed by atoms with Gasteiger partial charge in [0.25, 0.3) is 0 Å². The maximum atomic E-state index is 8.85. The molecule has 5 heteroatoms. The molecule has 0 aliphatic heterocycles. The Hall–Kier alpha value is -2.96. The molecule has 0 saturated carbocycles. The summed E-state index contributed by atoms with van der Waals surface area (Å²) in [6.07, 6.45) is 11.6. The lowest BCUT2D eigenvalue weighted by atomic mass is 10.1. The van der Waals surface area contributed by atoms with E-state index >= 15 is 0 Å². The lowest BCUT2D eigenvalue weighted by molar-refractivity contribution is 1.41. The summed E-state index contributed by atoms with van der Waals surface area (Å²) in [5, 5.41) is 17.7. The molecule has 3 aromatic rings. The summed E-state index contributed by atoms with van der Waals surface area (Å²) in [7, 11) is 0. The van der Waals surface area contributed by atoms with Crippen molar-refractivity contribution in [2.45, 2.75) is 27.7 Å². The van der Waals surface area contributed by atoms with E-state index in [1.165, 1.54) is 40.4 Å². The predicted molar refractivity (Wildman–Crippen MR) is 137 cm³/mol. The third-order valence-corrected chi connectivity index (χ3v) is 8.57. The third kappa shape index (κ3) is 5.60. The van der Waals surface area contributed by atoms with Gasteiger partial charge in [-0.25, -0.2) is 0 Å². The Balaban J connectivity index is 1.85. The second kappa shape index (κ2) is 10.4. The molecule has 0 bridgehead atoms. The van der Waals surface area contributed by atoms with Crippen molar-refractivity contribution in [1.82, 2.24) is 0 Å². The van der Waals surface area contributed by atoms with E-state index in [1.54, 1.807) is 36.5 Å². The molecule has 0 N–H and O–H groups in total. The Morgan fingerprint density at radius 2 is 1.13 bits per heavy atom. The van der Waals surface area contributed by atoms with Crippen LogP contribution >= 0.6 is 34.0 Å². The number of nitrogens with zero attached hydrogens (tertiary/aromatic N) is 2. The molecule has 0 saturated heterocycles. The van der Waals surface area contributed by atoms with Gasteiger partial charge in [0, 0.05) is 40.4 Å². The van der Waals surface area contributed by atoms with Gasteiger partial charge in [-0.3, -0.25) is 0 Å². The van der Waals surface area contributed by atoms with E-state index in [0.29, 0.717) is 11.1 Å². The summed E-state index contributed by atoms with van der Waals surface area (Å²) >= 11 is 5.38. The molecule has 0 radical (unpaired) electrons. The summed E-state index contributed by atoms with van der Waals surface area (Å²) in [6.45, 7) is 8.00. The van der Waals surface area contributed by atoms with E-state index < -0.39 is 0 Å². The first-order valence-corrected chi connectivity index (χ1v) is 12.2. The number of nitriles is 2. The van der Waals surface area contributed by atoms with Gasteiger partial charge in [0.2, 0.25) is 0 Å². The van der Waals surface area contributed by atoms with Crippen LogP contribution in [-0.2, 0) is 0 Å². The van der Waals surface area contributed by atoms with Gasteiger partial charge in [0.1, 0.15) is 0 Å². The normalized spacial score (nSPS) is 12.6. The van der Waals surface area contributed by atoms with Crippen molar-refractivity contribution >= 4 is 46.2 Å². The van der Waals surface area contributed by atoms with E-state index in [9.17, 15) is 0 Å². The second-order valence-electron chi connectivity index (χ2n) is 7.06. The molecular weight excluding hydrogens is 437 g/mol. The molecule has 3 aromatic heterocycles. The minimum atomic E-state index is 0.698. The van der Waals surface area contributed by atoms with Gasteiger partial charge in [0.05, 0.1) is 12.1 Å². The van der Waals surface area contributed by atoms with Gasteiger partial charge in [-0.05, 0) is 87.4 Å². The Labute approximate surface area is 196 Å². The fourth-order valence-corrected chi connectivity index (χ4v) is 6.33. The quantitative estimate of drug-likeness (QED) is 0.274. The van der Waals surface area contributed by atoms with E-state index in [-0.39, 0.29) is 0 Å². The van der Waals surface area contributed by atoms with Crippen LogP contribution in [0.1, 0.15) is 34.7 Å². The molecule has 0 amide bonds. The van der Waals surface area contributed by atoms with Crippen molar-refractivity contribution in [2.24, 2.45) is 0 Å². The molecule has 3 rings (SSSR count). The zero-order valence-electron chi connectivity index (χ0n) is 17.9. The molecule has 154 valence electrons. The highest BCUT2D eigenvalue weighted by Gasteiger charge is 2.16. The molecule has 0 fully saturated rings. The molecule has 31 heavy (non-hydrogen) atoms. The Bertz CT molecular complexity index is 1190. The molecular formula is C26H22N2S3. The van der Waals surface area contributed by atoms with Crippen LogP contribution < -0.4 is 0 Å². The summed E-state index contributed by atoms with van der Waals surface area (Å²) in [5.74, 6) is 0. The summed E-state index contributed by atoms with van der Waals surface area (Å²) in [6, 6.07) is 12.9.